The van der Waals surface area contributed by atoms with Crippen molar-refractivity contribution in [3.05, 3.63) is 22.2 Å². The Kier molecular flexibility index (Phi) is 4.35. The summed E-state index contributed by atoms with van der Waals surface area (Å²) in [5.41, 5.74) is 1.25. The third kappa shape index (κ3) is 2.33. The molecule has 1 atom stereocenters. The molecule has 0 aliphatic carbocycles. The molecule has 3 nitrogen and oxygen atoms in total. The number of methoxy groups -OCH3 is 2. The van der Waals surface area contributed by atoms with Crippen molar-refractivity contribution in [3.8, 4) is 11.5 Å². The number of benzene rings is 1. The molecule has 1 N–H and O–H groups in total. The Morgan fingerprint density at radius 1 is 1.20 bits per heavy atom. The van der Waals surface area contributed by atoms with Crippen LogP contribution in [0.25, 0.3) is 0 Å². The summed E-state index contributed by atoms with van der Waals surface area (Å²) >= 11 is 3.61. The summed E-state index contributed by atoms with van der Waals surface area (Å²) in [5.74, 6) is 1.67. The first kappa shape index (κ1) is 15.6. The Morgan fingerprint density at radius 3 is 2.35 bits per heavy atom. The van der Waals surface area contributed by atoms with Crippen molar-refractivity contribution in [1.29, 1.82) is 0 Å². The lowest BCUT2D eigenvalue weighted by Gasteiger charge is -2.43. The Balaban J connectivity index is 2.64. The molecule has 0 radical (unpaired) electrons. The fourth-order valence-electron chi connectivity index (χ4n) is 3.25. The van der Waals surface area contributed by atoms with E-state index in [9.17, 15) is 0 Å². The fourth-order valence-corrected chi connectivity index (χ4v) is 3.92. The number of rotatable bonds is 3. The SMILES string of the molecule is COc1ccc(C2(C(C)(C)C)CCCN2)c(OC)c1Br. The predicted octanol–water partition coefficient (Wildman–Crippen LogP) is 4.09. The minimum Gasteiger partial charge on any atom is -0.495 e. The second kappa shape index (κ2) is 5.57. The molecular formula is C16H24BrNO2. The highest BCUT2D eigenvalue weighted by Crippen LogP contribution is 2.51. The maximum atomic E-state index is 5.68. The van der Waals surface area contributed by atoms with Crippen LogP contribution in [-0.4, -0.2) is 20.8 Å². The van der Waals surface area contributed by atoms with E-state index in [1.165, 1.54) is 12.0 Å². The molecule has 0 amide bonds. The van der Waals surface area contributed by atoms with Gasteiger partial charge in [-0.1, -0.05) is 20.8 Å². The van der Waals surface area contributed by atoms with Gasteiger partial charge < -0.3 is 14.8 Å². The zero-order valence-corrected chi connectivity index (χ0v) is 14.6. The van der Waals surface area contributed by atoms with Gasteiger partial charge in [0.25, 0.3) is 0 Å². The van der Waals surface area contributed by atoms with E-state index in [-0.39, 0.29) is 11.0 Å². The van der Waals surface area contributed by atoms with Crippen LogP contribution in [0.3, 0.4) is 0 Å². The van der Waals surface area contributed by atoms with Gasteiger partial charge in [-0.05, 0) is 52.9 Å². The van der Waals surface area contributed by atoms with Crippen LogP contribution in [0.2, 0.25) is 0 Å². The summed E-state index contributed by atoms with van der Waals surface area (Å²) < 4.78 is 11.9. The fraction of sp³-hybridized carbons (Fsp3) is 0.625. The quantitative estimate of drug-likeness (QED) is 0.897. The first-order chi connectivity index (χ1) is 9.37. The van der Waals surface area contributed by atoms with E-state index in [1.807, 2.05) is 6.07 Å². The Hall–Kier alpha value is -0.740. The van der Waals surface area contributed by atoms with Gasteiger partial charge in [0.1, 0.15) is 16.0 Å². The van der Waals surface area contributed by atoms with Crippen LogP contribution >= 0.6 is 15.9 Å². The standard InChI is InChI=1S/C16H24BrNO2/c1-15(2,3)16(9-6-10-18-16)11-7-8-12(19-4)13(17)14(11)20-5/h7-8,18H,6,9-10H2,1-5H3. The number of hydrogen-bond acceptors (Lipinski definition) is 3. The van der Waals surface area contributed by atoms with Crippen molar-refractivity contribution in [2.24, 2.45) is 5.41 Å². The van der Waals surface area contributed by atoms with Crippen molar-refractivity contribution in [3.63, 3.8) is 0 Å². The second-order valence-corrected chi connectivity index (χ2v) is 7.14. The van der Waals surface area contributed by atoms with E-state index >= 15 is 0 Å². The van der Waals surface area contributed by atoms with E-state index in [0.29, 0.717) is 0 Å². The lowest BCUT2D eigenvalue weighted by Crippen LogP contribution is -2.48. The first-order valence-electron chi connectivity index (χ1n) is 7.03. The normalized spacial score (nSPS) is 22.9. The Morgan fingerprint density at radius 2 is 1.90 bits per heavy atom. The van der Waals surface area contributed by atoms with Gasteiger partial charge in [-0.25, -0.2) is 0 Å². The van der Waals surface area contributed by atoms with Crippen molar-refractivity contribution >= 4 is 15.9 Å². The average Bonchev–Trinajstić information content (AvgIpc) is 2.88. The molecule has 0 spiro atoms. The second-order valence-electron chi connectivity index (χ2n) is 6.35. The third-order valence-corrected chi connectivity index (χ3v) is 5.13. The van der Waals surface area contributed by atoms with Gasteiger partial charge in [-0.3, -0.25) is 0 Å². The van der Waals surface area contributed by atoms with Crippen LogP contribution in [0, 0.1) is 5.41 Å². The van der Waals surface area contributed by atoms with Gasteiger partial charge >= 0.3 is 0 Å². The van der Waals surface area contributed by atoms with Crippen LogP contribution in [0.4, 0.5) is 0 Å². The minimum atomic E-state index is -0.0624. The minimum absolute atomic E-state index is 0.0624. The van der Waals surface area contributed by atoms with Gasteiger partial charge in [0.05, 0.1) is 19.8 Å². The van der Waals surface area contributed by atoms with Crippen LogP contribution in [0.5, 0.6) is 11.5 Å². The summed E-state index contributed by atoms with van der Waals surface area (Å²) in [7, 11) is 3.39. The molecule has 1 unspecified atom stereocenters. The molecule has 1 aliphatic heterocycles. The lowest BCUT2D eigenvalue weighted by atomic mass is 9.68. The molecule has 0 saturated carbocycles. The monoisotopic (exact) mass is 341 g/mol. The molecule has 0 aromatic heterocycles. The molecule has 20 heavy (non-hydrogen) atoms. The lowest BCUT2D eigenvalue weighted by molar-refractivity contribution is 0.155. The predicted molar refractivity (Wildman–Crippen MR) is 85.6 cm³/mol. The number of nitrogens with one attached hydrogen (secondary N) is 1. The summed E-state index contributed by atoms with van der Waals surface area (Å²) in [4.78, 5) is 0. The van der Waals surface area contributed by atoms with Gasteiger partial charge in [-0.2, -0.15) is 0 Å². The van der Waals surface area contributed by atoms with Crippen molar-refractivity contribution in [2.75, 3.05) is 20.8 Å². The highest BCUT2D eigenvalue weighted by Gasteiger charge is 2.47. The van der Waals surface area contributed by atoms with Crippen LogP contribution < -0.4 is 14.8 Å². The zero-order valence-electron chi connectivity index (χ0n) is 13.0. The van der Waals surface area contributed by atoms with E-state index in [2.05, 4.69) is 48.1 Å². The van der Waals surface area contributed by atoms with Crippen molar-refractivity contribution < 1.29 is 9.47 Å². The summed E-state index contributed by atoms with van der Waals surface area (Å²) in [5, 5.41) is 3.72. The van der Waals surface area contributed by atoms with E-state index < -0.39 is 0 Å². The smallest absolute Gasteiger partial charge is 0.141 e. The van der Waals surface area contributed by atoms with Gasteiger partial charge in [0.15, 0.2) is 0 Å². The van der Waals surface area contributed by atoms with E-state index in [0.717, 1.165) is 28.9 Å². The molecule has 1 aromatic carbocycles. The van der Waals surface area contributed by atoms with Gasteiger partial charge in [-0.15, -0.1) is 0 Å². The van der Waals surface area contributed by atoms with Crippen molar-refractivity contribution in [2.45, 2.75) is 39.2 Å². The van der Waals surface area contributed by atoms with Crippen LogP contribution in [-0.2, 0) is 5.54 Å². The molecule has 1 fully saturated rings. The molecule has 2 rings (SSSR count). The Labute approximate surface area is 130 Å². The Bertz CT molecular complexity index is 488. The van der Waals surface area contributed by atoms with E-state index in [4.69, 9.17) is 9.47 Å². The average molecular weight is 342 g/mol. The summed E-state index contributed by atoms with van der Waals surface area (Å²) in [6.07, 6.45) is 2.30. The molecule has 1 aromatic rings. The number of hydrogen-bond donors (Lipinski definition) is 1. The first-order valence-corrected chi connectivity index (χ1v) is 7.82. The maximum Gasteiger partial charge on any atom is 0.141 e. The number of halogens is 1. The number of ether oxygens (including phenoxy) is 2. The zero-order chi connectivity index (χ0) is 15.0. The van der Waals surface area contributed by atoms with Gasteiger partial charge in [0.2, 0.25) is 0 Å². The molecule has 1 heterocycles. The topological polar surface area (TPSA) is 30.5 Å². The van der Waals surface area contributed by atoms with Crippen LogP contribution in [0.15, 0.2) is 16.6 Å². The highest BCUT2D eigenvalue weighted by molar-refractivity contribution is 9.10. The van der Waals surface area contributed by atoms with Gasteiger partial charge in [0, 0.05) is 5.56 Å². The summed E-state index contributed by atoms with van der Waals surface area (Å²) in [6, 6.07) is 4.14. The molecule has 1 saturated heterocycles. The molecule has 1 aliphatic rings. The molecule has 112 valence electrons. The van der Waals surface area contributed by atoms with E-state index in [1.54, 1.807) is 14.2 Å². The molecular weight excluding hydrogens is 318 g/mol. The highest BCUT2D eigenvalue weighted by atomic mass is 79.9. The van der Waals surface area contributed by atoms with Crippen LogP contribution in [0.1, 0.15) is 39.2 Å². The summed E-state index contributed by atoms with van der Waals surface area (Å²) in [6.45, 7) is 7.89. The maximum absolute atomic E-state index is 5.68. The largest absolute Gasteiger partial charge is 0.495 e. The molecule has 0 bridgehead atoms. The third-order valence-electron chi connectivity index (χ3n) is 4.38. The molecule has 4 heteroatoms. The van der Waals surface area contributed by atoms with Crippen molar-refractivity contribution in [1.82, 2.24) is 5.32 Å².